The molecule has 1 aliphatic heterocycles. The molecule has 0 radical (unpaired) electrons. The number of nitrogens with two attached hydrogens (primary N) is 7. The van der Waals surface area contributed by atoms with Gasteiger partial charge in [-0.2, -0.15) is 0 Å². The second-order valence-electron chi connectivity index (χ2n) is 12.2. The van der Waals surface area contributed by atoms with E-state index in [1.807, 2.05) is 0 Å². The number of aliphatic imine (C=N–C) groups is 2. The summed E-state index contributed by atoms with van der Waals surface area (Å²) in [5.41, 5.74) is 38.9. The fourth-order valence-electron chi connectivity index (χ4n) is 5.34. The van der Waals surface area contributed by atoms with Crippen LogP contribution in [0.3, 0.4) is 0 Å². The van der Waals surface area contributed by atoms with Crippen LogP contribution in [-0.4, -0.2) is 114 Å². The number of nitrogens with one attached hydrogen (secondary N) is 3. The fraction of sp³-hybridized carbons (Fsp3) is 0.767. The highest BCUT2D eigenvalue weighted by Gasteiger charge is 2.39. The number of carbonyl (C=O) groups is 5. The van der Waals surface area contributed by atoms with Crippen molar-refractivity contribution >= 4 is 41.5 Å². The Morgan fingerprint density at radius 1 is 0.735 bits per heavy atom. The number of aliphatic carboxylic acids is 1. The SMILES string of the molecule is NCCCC[C@H](NC(=O)[C@@H](N)CCCCNC(=O)C(N)CCCCN=C(N)N)C(=O)N1CCC[C@H]1C(=O)N[C@@H](CCCN=C(N)N)C(=O)O. The van der Waals surface area contributed by atoms with Crippen LogP contribution < -0.4 is 56.1 Å². The predicted octanol–water partition coefficient (Wildman–Crippen LogP) is -3.40. The molecule has 19 nitrogen and oxygen atoms in total. The van der Waals surface area contributed by atoms with Gasteiger partial charge in [0, 0.05) is 26.2 Å². The van der Waals surface area contributed by atoms with Gasteiger partial charge in [0.2, 0.25) is 23.6 Å². The molecular weight excluding hydrogens is 638 g/mol. The largest absolute Gasteiger partial charge is 0.480 e. The highest BCUT2D eigenvalue weighted by atomic mass is 16.4. The molecule has 18 N–H and O–H groups in total. The molecule has 1 rings (SSSR count). The summed E-state index contributed by atoms with van der Waals surface area (Å²) < 4.78 is 0. The van der Waals surface area contributed by atoms with Gasteiger partial charge in [0.05, 0.1) is 12.1 Å². The summed E-state index contributed by atoms with van der Waals surface area (Å²) >= 11 is 0. The van der Waals surface area contributed by atoms with Gasteiger partial charge < -0.3 is 66.1 Å². The quantitative estimate of drug-likeness (QED) is 0.0252. The third-order valence-corrected chi connectivity index (χ3v) is 8.09. The lowest BCUT2D eigenvalue weighted by molar-refractivity contribution is -0.145. The van der Waals surface area contributed by atoms with Crippen molar-refractivity contribution in [2.24, 2.45) is 50.1 Å². The van der Waals surface area contributed by atoms with E-state index in [1.54, 1.807) is 0 Å². The van der Waals surface area contributed by atoms with Crippen LogP contribution >= 0.6 is 0 Å². The maximum absolute atomic E-state index is 13.7. The molecule has 1 fully saturated rings. The first-order valence-electron chi connectivity index (χ1n) is 17.0. The summed E-state index contributed by atoms with van der Waals surface area (Å²) in [7, 11) is 0. The summed E-state index contributed by atoms with van der Waals surface area (Å²) in [4.78, 5) is 73.0. The van der Waals surface area contributed by atoms with Crippen molar-refractivity contribution in [3.05, 3.63) is 0 Å². The van der Waals surface area contributed by atoms with Crippen molar-refractivity contribution in [3.8, 4) is 0 Å². The van der Waals surface area contributed by atoms with E-state index in [1.165, 1.54) is 4.90 Å². The number of carboxylic acid groups (broad SMARTS) is 1. The van der Waals surface area contributed by atoms with Gasteiger partial charge in [0.15, 0.2) is 11.9 Å². The lowest BCUT2D eigenvalue weighted by atomic mass is 10.0. The van der Waals surface area contributed by atoms with Gasteiger partial charge in [0.25, 0.3) is 0 Å². The van der Waals surface area contributed by atoms with Gasteiger partial charge in [-0.25, -0.2) is 4.79 Å². The van der Waals surface area contributed by atoms with E-state index in [4.69, 9.17) is 40.1 Å². The minimum atomic E-state index is -1.21. The van der Waals surface area contributed by atoms with E-state index in [9.17, 15) is 29.1 Å². The molecule has 1 unspecified atom stereocenters. The molecule has 19 heteroatoms. The van der Waals surface area contributed by atoms with Crippen LogP contribution in [0.1, 0.15) is 83.5 Å². The maximum Gasteiger partial charge on any atom is 0.326 e. The maximum atomic E-state index is 13.7. The first kappa shape index (κ1) is 42.8. The number of hydrogen-bond donors (Lipinski definition) is 11. The Balaban J connectivity index is 2.65. The van der Waals surface area contributed by atoms with Gasteiger partial charge in [-0.1, -0.05) is 0 Å². The van der Waals surface area contributed by atoms with Gasteiger partial charge in [-0.3, -0.25) is 29.2 Å². The van der Waals surface area contributed by atoms with E-state index in [2.05, 4.69) is 25.9 Å². The zero-order chi connectivity index (χ0) is 36.8. The zero-order valence-electron chi connectivity index (χ0n) is 28.5. The molecule has 1 aliphatic rings. The Morgan fingerprint density at radius 3 is 1.92 bits per heavy atom. The number of carboxylic acids is 1. The lowest BCUT2D eigenvalue weighted by Crippen LogP contribution is -2.56. The van der Waals surface area contributed by atoms with Crippen molar-refractivity contribution in [3.63, 3.8) is 0 Å². The highest BCUT2D eigenvalue weighted by Crippen LogP contribution is 2.20. The van der Waals surface area contributed by atoms with Crippen LogP contribution in [0.2, 0.25) is 0 Å². The second-order valence-corrected chi connectivity index (χ2v) is 12.2. The van der Waals surface area contributed by atoms with Crippen molar-refractivity contribution < 1.29 is 29.1 Å². The Hall–Kier alpha value is -4.23. The van der Waals surface area contributed by atoms with Crippen LogP contribution in [0.15, 0.2) is 9.98 Å². The van der Waals surface area contributed by atoms with Crippen molar-refractivity contribution in [1.82, 2.24) is 20.9 Å². The lowest BCUT2D eigenvalue weighted by Gasteiger charge is -2.30. The molecule has 49 heavy (non-hydrogen) atoms. The van der Waals surface area contributed by atoms with Gasteiger partial charge in [-0.05, 0) is 90.0 Å². The number of amides is 4. The summed E-state index contributed by atoms with van der Waals surface area (Å²) in [6.07, 6.45) is 6.12. The van der Waals surface area contributed by atoms with Crippen LogP contribution in [0, 0.1) is 0 Å². The standard InChI is InChI=1S/C30H59N13O6/c31-14-4-1-11-21(27(47)43-18-8-13-23(43)26(46)42-22(28(48)49)12-7-17-40-30(36)37)41-25(45)20(33)10-2-5-15-38-24(44)19(32)9-3-6-16-39-29(34)35/h19-23H,1-18,31-33H2,(H,38,44)(H,41,45)(H,42,46)(H,48,49)(H4,34,35,39)(H4,36,37,40)/t19?,20-,21-,22-,23-/m0/s1. The highest BCUT2D eigenvalue weighted by molar-refractivity contribution is 5.94. The normalized spacial score (nSPS) is 16.5. The number of hydrogen-bond acceptors (Lipinski definition) is 10. The van der Waals surface area contributed by atoms with Gasteiger partial charge in [0.1, 0.15) is 18.1 Å². The van der Waals surface area contributed by atoms with E-state index in [-0.39, 0.29) is 37.3 Å². The molecule has 1 saturated heterocycles. The van der Waals surface area contributed by atoms with Crippen LogP contribution in [0.5, 0.6) is 0 Å². The van der Waals surface area contributed by atoms with E-state index < -0.39 is 53.9 Å². The first-order chi connectivity index (χ1) is 23.3. The first-order valence-corrected chi connectivity index (χ1v) is 17.0. The third kappa shape index (κ3) is 17.7. The molecule has 0 spiro atoms. The molecule has 0 aromatic rings. The van der Waals surface area contributed by atoms with Crippen molar-refractivity contribution in [2.75, 3.05) is 32.7 Å². The Morgan fingerprint density at radius 2 is 1.31 bits per heavy atom. The van der Waals surface area contributed by atoms with E-state index >= 15 is 0 Å². The van der Waals surface area contributed by atoms with E-state index in [0.717, 1.165) is 0 Å². The number of likely N-dealkylation sites (tertiary alicyclic amines) is 1. The summed E-state index contributed by atoms with van der Waals surface area (Å²) in [5.74, 6) is -3.10. The Bertz CT molecular complexity index is 1110. The summed E-state index contributed by atoms with van der Waals surface area (Å²) in [5, 5.41) is 17.7. The third-order valence-electron chi connectivity index (χ3n) is 8.09. The topological polar surface area (TPSA) is 352 Å². The van der Waals surface area contributed by atoms with E-state index in [0.29, 0.717) is 96.7 Å². The average Bonchev–Trinajstić information content (AvgIpc) is 3.54. The average molecular weight is 698 g/mol. The minimum absolute atomic E-state index is 0.0238. The van der Waals surface area contributed by atoms with Crippen LogP contribution in [0.4, 0.5) is 0 Å². The molecule has 0 aromatic heterocycles. The zero-order valence-corrected chi connectivity index (χ0v) is 28.5. The number of nitrogens with zero attached hydrogens (tertiary/aromatic N) is 3. The molecule has 5 atom stereocenters. The number of unbranched alkanes of at least 4 members (excludes halogenated alkanes) is 3. The minimum Gasteiger partial charge on any atom is -0.480 e. The van der Waals surface area contributed by atoms with Crippen LogP contribution in [-0.2, 0) is 24.0 Å². The molecule has 1 heterocycles. The van der Waals surface area contributed by atoms with Crippen molar-refractivity contribution in [2.45, 2.75) is 114 Å². The molecule has 0 saturated carbocycles. The van der Waals surface area contributed by atoms with Crippen molar-refractivity contribution in [1.29, 1.82) is 0 Å². The molecule has 280 valence electrons. The molecular formula is C30H59N13O6. The smallest absolute Gasteiger partial charge is 0.326 e. The second kappa shape index (κ2) is 24.0. The van der Waals surface area contributed by atoms with Crippen LogP contribution in [0.25, 0.3) is 0 Å². The molecule has 4 amide bonds. The molecule has 0 aromatic carbocycles. The van der Waals surface area contributed by atoms with Gasteiger partial charge >= 0.3 is 5.97 Å². The molecule has 0 aliphatic carbocycles. The van der Waals surface area contributed by atoms with Gasteiger partial charge in [-0.15, -0.1) is 0 Å². The Labute approximate surface area is 287 Å². The number of rotatable bonds is 25. The monoisotopic (exact) mass is 697 g/mol. The number of guanidine groups is 2. The predicted molar refractivity (Wildman–Crippen MR) is 186 cm³/mol. The fourth-order valence-corrected chi connectivity index (χ4v) is 5.34. The number of carbonyl (C=O) groups excluding carboxylic acids is 4. The molecule has 0 bridgehead atoms. The summed E-state index contributed by atoms with van der Waals surface area (Å²) in [6, 6.07) is -4.56. The Kier molecular flexibility index (Phi) is 21.0. The summed E-state index contributed by atoms with van der Waals surface area (Å²) in [6.45, 7) is 1.73.